The van der Waals surface area contributed by atoms with Gasteiger partial charge in [-0.05, 0) is 30.4 Å². The Morgan fingerprint density at radius 1 is 1.35 bits per heavy atom. The summed E-state index contributed by atoms with van der Waals surface area (Å²) in [5, 5.41) is 0. The van der Waals surface area contributed by atoms with Crippen LogP contribution in [0.15, 0.2) is 18.2 Å². The third-order valence-corrected chi connectivity index (χ3v) is 5.09. The Morgan fingerprint density at radius 3 is 2.54 bits per heavy atom. The summed E-state index contributed by atoms with van der Waals surface area (Å²) in [6.07, 6.45) is -0.500. The molecular weight excluding hydrogens is 339 g/mol. The summed E-state index contributed by atoms with van der Waals surface area (Å²) in [6, 6.07) is 4.46. The number of hydrogen-bond donors (Lipinski definition) is 1. The minimum Gasteiger partial charge on any atom is -0.448 e. The number of amides is 2. The fraction of sp³-hybridized carbons (Fsp3) is 0.526. The zero-order chi connectivity index (χ0) is 19.7. The highest BCUT2D eigenvalue weighted by molar-refractivity contribution is 6.08. The van der Waals surface area contributed by atoms with Crippen molar-refractivity contribution in [1.82, 2.24) is 4.90 Å². The molecule has 2 N–H and O–H groups in total. The maximum absolute atomic E-state index is 14.5. The van der Waals surface area contributed by atoms with Gasteiger partial charge in [0.1, 0.15) is 18.0 Å². The third kappa shape index (κ3) is 3.30. The van der Waals surface area contributed by atoms with Gasteiger partial charge < -0.3 is 15.4 Å². The number of aryl methyl sites for hydroxylation is 1. The maximum Gasteiger partial charge on any atom is 0.404 e. The molecule has 26 heavy (non-hydrogen) atoms. The number of ketones is 1. The molecule has 1 aromatic rings. The van der Waals surface area contributed by atoms with Gasteiger partial charge in [-0.3, -0.25) is 9.59 Å². The Bertz CT molecular complexity index is 721. The van der Waals surface area contributed by atoms with E-state index in [2.05, 4.69) is 0 Å². The van der Waals surface area contributed by atoms with Gasteiger partial charge in [0.25, 0.3) is 0 Å². The van der Waals surface area contributed by atoms with Gasteiger partial charge in [-0.15, -0.1) is 0 Å². The van der Waals surface area contributed by atoms with E-state index in [1.165, 1.54) is 11.0 Å². The molecule has 1 aromatic carbocycles. The van der Waals surface area contributed by atoms with Gasteiger partial charge in [0.2, 0.25) is 5.91 Å². The number of nitrogens with zero attached hydrogens (tertiary/aromatic N) is 1. The van der Waals surface area contributed by atoms with Crippen LogP contribution in [0.2, 0.25) is 0 Å². The zero-order valence-corrected chi connectivity index (χ0v) is 15.6. The van der Waals surface area contributed by atoms with Gasteiger partial charge in [-0.25, -0.2) is 9.18 Å². The molecule has 7 heteroatoms. The number of ether oxygens (including phenoxy) is 1. The van der Waals surface area contributed by atoms with Crippen LogP contribution in [-0.4, -0.2) is 41.4 Å². The van der Waals surface area contributed by atoms with Crippen LogP contribution in [0.1, 0.15) is 49.5 Å². The average molecular weight is 364 g/mol. The van der Waals surface area contributed by atoms with Gasteiger partial charge in [0.05, 0.1) is 12.1 Å². The SMILES string of the molecule is Cc1cccc(F)c1C(=O)[C@@]1(C(C)(C)C)CCC(=O)N1CCOC(N)=O. The largest absolute Gasteiger partial charge is 0.448 e. The monoisotopic (exact) mass is 364 g/mol. The highest BCUT2D eigenvalue weighted by Crippen LogP contribution is 2.46. The van der Waals surface area contributed by atoms with E-state index in [1.807, 2.05) is 20.8 Å². The summed E-state index contributed by atoms with van der Waals surface area (Å²) >= 11 is 0. The van der Waals surface area contributed by atoms with E-state index in [-0.39, 0.29) is 37.5 Å². The molecule has 0 bridgehead atoms. The number of nitrogens with two attached hydrogens (primary N) is 1. The molecule has 6 nitrogen and oxygen atoms in total. The van der Waals surface area contributed by atoms with Gasteiger partial charge in [0, 0.05) is 6.42 Å². The Balaban J connectivity index is 2.52. The number of primary amides is 1. The van der Waals surface area contributed by atoms with Crippen LogP contribution in [0.5, 0.6) is 0 Å². The van der Waals surface area contributed by atoms with Crippen molar-refractivity contribution in [3.05, 3.63) is 35.1 Å². The summed E-state index contributed by atoms with van der Waals surface area (Å²) < 4.78 is 19.2. The number of carbonyl (C=O) groups is 3. The minimum atomic E-state index is -1.22. The van der Waals surface area contributed by atoms with E-state index < -0.39 is 28.6 Å². The topological polar surface area (TPSA) is 89.7 Å². The lowest BCUT2D eigenvalue weighted by Crippen LogP contribution is -2.61. The molecule has 1 aliphatic rings. The Hall–Kier alpha value is -2.44. The van der Waals surface area contributed by atoms with Crippen molar-refractivity contribution in [1.29, 1.82) is 0 Å². The molecule has 0 saturated carbocycles. The molecule has 2 amide bonds. The predicted molar refractivity (Wildman–Crippen MR) is 94.1 cm³/mol. The quantitative estimate of drug-likeness (QED) is 0.814. The Morgan fingerprint density at radius 2 is 2.00 bits per heavy atom. The fourth-order valence-corrected chi connectivity index (χ4v) is 3.81. The molecule has 0 aliphatic carbocycles. The first-order chi connectivity index (χ1) is 12.0. The van der Waals surface area contributed by atoms with Gasteiger partial charge >= 0.3 is 6.09 Å². The number of benzene rings is 1. The second kappa shape index (κ2) is 7.05. The van der Waals surface area contributed by atoms with Crippen molar-refractivity contribution in [2.45, 2.75) is 46.1 Å². The molecule has 1 aliphatic heterocycles. The zero-order valence-electron chi connectivity index (χ0n) is 15.6. The summed E-state index contributed by atoms with van der Waals surface area (Å²) in [5.41, 5.74) is 3.61. The maximum atomic E-state index is 14.5. The first-order valence-electron chi connectivity index (χ1n) is 8.55. The van der Waals surface area contributed by atoms with Crippen LogP contribution >= 0.6 is 0 Å². The molecule has 1 saturated heterocycles. The van der Waals surface area contributed by atoms with E-state index in [9.17, 15) is 18.8 Å². The first kappa shape index (κ1) is 19.9. The minimum absolute atomic E-state index is 0.00190. The first-order valence-corrected chi connectivity index (χ1v) is 8.55. The van der Waals surface area contributed by atoms with Crippen molar-refractivity contribution in [3.63, 3.8) is 0 Å². The van der Waals surface area contributed by atoms with Crippen molar-refractivity contribution < 1.29 is 23.5 Å². The van der Waals surface area contributed by atoms with E-state index in [4.69, 9.17) is 10.5 Å². The molecule has 0 radical (unpaired) electrons. The standard InChI is InChI=1S/C19H25FN2O4/c1-12-6-5-7-13(20)15(12)16(24)19(18(2,3)4)9-8-14(23)22(19)10-11-26-17(21)25/h5-7H,8-11H2,1-4H3,(H2,21,25)/t19-/m1/s1. The summed E-state index contributed by atoms with van der Waals surface area (Å²) in [4.78, 5) is 38.3. The molecule has 0 aromatic heterocycles. The molecular formula is C19H25FN2O4. The second-order valence-corrected chi connectivity index (χ2v) is 7.58. The van der Waals surface area contributed by atoms with Crippen LogP contribution in [0.25, 0.3) is 0 Å². The van der Waals surface area contributed by atoms with Crippen LogP contribution in [0, 0.1) is 18.2 Å². The van der Waals surface area contributed by atoms with Crippen LogP contribution in [0.4, 0.5) is 9.18 Å². The van der Waals surface area contributed by atoms with Crippen molar-refractivity contribution in [2.75, 3.05) is 13.2 Å². The summed E-state index contributed by atoms with van der Waals surface area (Å²) in [6.45, 7) is 7.12. The number of rotatable bonds is 5. The number of carbonyl (C=O) groups excluding carboxylic acids is 3. The van der Waals surface area contributed by atoms with E-state index >= 15 is 0 Å². The molecule has 2 rings (SSSR count). The van der Waals surface area contributed by atoms with E-state index in [0.29, 0.717) is 5.56 Å². The molecule has 1 heterocycles. The average Bonchev–Trinajstić information content (AvgIpc) is 2.84. The van der Waals surface area contributed by atoms with E-state index in [0.717, 1.165) is 0 Å². The van der Waals surface area contributed by atoms with E-state index in [1.54, 1.807) is 19.1 Å². The molecule has 1 fully saturated rings. The Labute approximate surface area is 152 Å². The molecule has 1 atom stereocenters. The third-order valence-electron chi connectivity index (χ3n) is 5.09. The fourth-order valence-electron chi connectivity index (χ4n) is 3.81. The lowest BCUT2D eigenvalue weighted by atomic mass is 9.67. The van der Waals surface area contributed by atoms with Crippen molar-refractivity contribution >= 4 is 17.8 Å². The highest BCUT2D eigenvalue weighted by atomic mass is 19.1. The summed E-state index contributed by atoms with van der Waals surface area (Å²) in [7, 11) is 0. The predicted octanol–water partition coefficient (Wildman–Crippen LogP) is 2.82. The van der Waals surface area contributed by atoms with Gasteiger partial charge in [0.15, 0.2) is 5.78 Å². The number of hydrogen-bond acceptors (Lipinski definition) is 4. The van der Waals surface area contributed by atoms with Crippen LogP contribution in [0.3, 0.4) is 0 Å². The lowest BCUT2D eigenvalue weighted by Gasteiger charge is -2.47. The molecule has 0 spiro atoms. The number of Topliss-reactive ketones (excluding diaryl/α,β-unsaturated/α-hetero) is 1. The molecule has 142 valence electrons. The Kier molecular flexibility index (Phi) is 5.39. The van der Waals surface area contributed by atoms with Crippen LogP contribution < -0.4 is 5.73 Å². The second-order valence-electron chi connectivity index (χ2n) is 7.58. The smallest absolute Gasteiger partial charge is 0.404 e. The highest BCUT2D eigenvalue weighted by Gasteiger charge is 2.58. The normalized spacial score (nSPS) is 20.3. The summed E-state index contributed by atoms with van der Waals surface area (Å²) in [5.74, 6) is -1.26. The molecule has 0 unspecified atom stereocenters. The van der Waals surface area contributed by atoms with Crippen molar-refractivity contribution in [3.8, 4) is 0 Å². The van der Waals surface area contributed by atoms with Crippen LogP contribution in [-0.2, 0) is 9.53 Å². The lowest BCUT2D eigenvalue weighted by molar-refractivity contribution is -0.133. The van der Waals surface area contributed by atoms with Crippen molar-refractivity contribution in [2.24, 2.45) is 11.1 Å². The van der Waals surface area contributed by atoms with Gasteiger partial charge in [-0.1, -0.05) is 32.9 Å². The number of likely N-dealkylation sites (tertiary alicyclic amines) is 1. The van der Waals surface area contributed by atoms with Gasteiger partial charge in [-0.2, -0.15) is 0 Å². The number of halogens is 1.